The molecule has 0 atom stereocenters. The van der Waals surface area contributed by atoms with Crippen LogP contribution in [0.4, 0.5) is 5.00 Å². The van der Waals surface area contributed by atoms with Gasteiger partial charge in [0.2, 0.25) is 0 Å². The molecule has 10 heteroatoms. The molecule has 9 nitrogen and oxygen atoms in total. The van der Waals surface area contributed by atoms with Crippen molar-refractivity contribution in [3.63, 3.8) is 0 Å². The Morgan fingerprint density at radius 2 is 1.77 bits per heavy atom. The summed E-state index contributed by atoms with van der Waals surface area (Å²) in [6.07, 6.45) is 2.47. The summed E-state index contributed by atoms with van der Waals surface area (Å²) in [5.74, 6) is -1.41. The standard InChI is InChI=1S/C25H25NO8S/c1-4-31-24(29)20-13(3)21(25(30)32-5-2)35-22(20)26-19(27)12-33-14-9-10-16-15-7-6-8-17(15)23(28)34-18(16)11-14/h9-11H,4-8,12H2,1-3H3,(H,26,27). The van der Waals surface area contributed by atoms with E-state index in [0.29, 0.717) is 16.9 Å². The van der Waals surface area contributed by atoms with Gasteiger partial charge in [0.1, 0.15) is 21.2 Å². The van der Waals surface area contributed by atoms with E-state index in [9.17, 15) is 19.2 Å². The lowest BCUT2D eigenvalue weighted by Gasteiger charge is -2.10. The van der Waals surface area contributed by atoms with Crippen molar-refractivity contribution in [3.05, 3.63) is 55.8 Å². The Hall–Kier alpha value is -3.66. The number of amides is 1. The van der Waals surface area contributed by atoms with Crippen molar-refractivity contribution in [2.24, 2.45) is 0 Å². The van der Waals surface area contributed by atoms with Crippen LogP contribution in [-0.4, -0.2) is 37.7 Å². The van der Waals surface area contributed by atoms with E-state index in [4.69, 9.17) is 18.6 Å². The van der Waals surface area contributed by atoms with E-state index in [2.05, 4.69) is 5.32 Å². The predicted molar refractivity (Wildman–Crippen MR) is 130 cm³/mol. The summed E-state index contributed by atoms with van der Waals surface area (Å²) in [6, 6.07) is 5.12. The van der Waals surface area contributed by atoms with Crippen molar-refractivity contribution < 1.29 is 33.0 Å². The lowest BCUT2D eigenvalue weighted by Crippen LogP contribution is -2.21. The van der Waals surface area contributed by atoms with Gasteiger partial charge >= 0.3 is 17.6 Å². The highest BCUT2D eigenvalue weighted by molar-refractivity contribution is 7.18. The first-order valence-corrected chi connectivity index (χ1v) is 12.1. The van der Waals surface area contributed by atoms with E-state index in [1.54, 1.807) is 32.9 Å². The number of anilines is 1. The van der Waals surface area contributed by atoms with Gasteiger partial charge in [-0.05, 0) is 63.3 Å². The largest absolute Gasteiger partial charge is 0.484 e. The molecular formula is C25H25NO8S. The Morgan fingerprint density at radius 3 is 2.51 bits per heavy atom. The second kappa shape index (κ2) is 10.3. The summed E-state index contributed by atoms with van der Waals surface area (Å²) in [6.45, 7) is 4.89. The van der Waals surface area contributed by atoms with Gasteiger partial charge in [0, 0.05) is 17.0 Å². The molecule has 0 radical (unpaired) electrons. The number of ether oxygens (including phenoxy) is 3. The smallest absolute Gasteiger partial charge is 0.348 e. The maximum atomic E-state index is 12.6. The predicted octanol–water partition coefficient (Wildman–Crippen LogP) is 4.02. The number of carbonyl (C=O) groups excluding carboxylic acids is 3. The van der Waals surface area contributed by atoms with Crippen LogP contribution >= 0.6 is 11.3 Å². The lowest BCUT2D eigenvalue weighted by atomic mass is 10.1. The number of nitrogens with one attached hydrogen (secondary N) is 1. The Kier molecular flexibility index (Phi) is 7.20. The Morgan fingerprint density at radius 1 is 1.06 bits per heavy atom. The molecule has 0 saturated carbocycles. The zero-order chi connectivity index (χ0) is 25.1. The second-order valence-corrected chi connectivity index (χ2v) is 8.92. The molecule has 1 aromatic carbocycles. The Balaban J connectivity index is 1.51. The molecule has 0 saturated heterocycles. The van der Waals surface area contributed by atoms with Gasteiger partial charge in [-0.2, -0.15) is 0 Å². The zero-order valence-corrected chi connectivity index (χ0v) is 20.5. The van der Waals surface area contributed by atoms with Gasteiger partial charge in [0.05, 0.1) is 18.8 Å². The SMILES string of the molecule is CCOC(=O)c1sc(NC(=O)COc2ccc3c4c(c(=O)oc3c2)CCC4)c(C(=O)OCC)c1C. The number of thiophene rings is 1. The van der Waals surface area contributed by atoms with Gasteiger partial charge in [-0.25, -0.2) is 14.4 Å². The monoisotopic (exact) mass is 499 g/mol. The number of carbonyl (C=O) groups is 3. The highest BCUT2D eigenvalue weighted by atomic mass is 32.1. The van der Waals surface area contributed by atoms with Gasteiger partial charge in [-0.1, -0.05) is 0 Å². The number of benzene rings is 1. The second-order valence-electron chi connectivity index (χ2n) is 7.90. The fraction of sp³-hybridized carbons (Fsp3) is 0.360. The summed E-state index contributed by atoms with van der Waals surface area (Å²) >= 11 is 0.941. The highest BCUT2D eigenvalue weighted by Crippen LogP contribution is 2.34. The fourth-order valence-corrected chi connectivity index (χ4v) is 5.21. The van der Waals surface area contributed by atoms with E-state index in [1.807, 2.05) is 6.07 Å². The normalized spacial score (nSPS) is 12.3. The number of aryl methyl sites for hydroxylation is 1. The minimum atomic E-state index is -0.648. The molecule has 0 unspecified atom stereocenters. The van der Waals surface area contributed by atoms with Gasteiger partial charge in [0.25, 0.3) is 5.91 Å². The molecule has 1 N–H and O–H groups in total. The molecule has 0 fully saturated rings. The van der Waals surface area contributed by atoms with Crippen LogP contribution < -0.4 is 15.7 Å². The molecule has 0 bridgehead atoms. The van der Waals surface area contributed by atoms with Crippen molar-refractivity contribution >= 4 is 45.2 Å². The van der Waals surface area contributed by atoms with E-state index < -0.39 is 17.8 Å². The van der Waals surface area contributed by atoms with E-state index in [0.717, 1.165) is 47.1 Å². The first kappa shape index (κ1) is 24.5. The Labute approximate surface area is 205 Å². The van der Waals surface area contributed by atoms with Crippen LogP contribution in [-0.2, 0) is 27.1 Å². The van der Waals surface area contributed by atoms with Crippen LogP contribution in [0.15, 0.2) is 27.4 Å². The molecule has 1 amide bonds. The molecule has 35 heavy (non-hydrogen) atoms. The molecule has 0 spiro atoms. The van der Waals surface area contributed by atoms with Crippen LogP contribution in [0.2, 0.25) is 0 Å². The maximum absolute atomic E-state index is 12.6. The van der Waals surface area contributed by atoms with Crippen LogP contribution in [0.1, 0.15) is 57.0 Å². The van der Waals surface area contributed by atoms with Crippen LogP contribution in [0.25, 0.3) is 11.0 Å². The first-order valence-electron chi connectivity index (χ1n) is 11.3. The van der Waals surface area contributed by atoms with Crippen LogP contribution in [0.3, 0.4) is 0 Å². The zero-order valence-electron chi connectivity index (χ0n) is 19.6. The third-order valence-electron chi connectivity index (χ3n) is 5.66. The molecule has 4 rings (SSSR count). The van der Waals surface area contributed by atoms with Crippen molar-refractivity contribution in [2.45, 2.75) is 40.0 Å². The average molecular weight is 500 g/mol. The van der Waals surface area contributed by atoms with Gasteiger partial charge in [-0.15, -0.1) is 11.3 Å². The molecule has 1 aliphatic rings. The first-order chi connectivity index (χ1) is 16.8. The van der Waals surface area contributed by atoms with Crippen LogP contribution in [0, 0.1) is 6.92 Å². The number of rotatable bonds is 8. The fourth-order valence-electron chi connectivity index (χ4n) is 4.11. The Bertz CT molecular complexity index is 1370. The van der Waals surface area contributed by atoms with E-state index in [1.165, 1.54) is 0 Å². The van der Waals surface area contributed by atoms with Crippen LogP contribution in [0.5, 0.6) is 5.75 Å². The van der Waals surface area contributed by atoms with Crippen molar-refractivity contribution in [2.75, 3.05) is 25.1 Å². The number of hydrogen-bond acceptors (Lipinski definition) is 9. The van der Waals surface area contributed by atoms with Gasteiger partial charge in [-0.3, -0.25) is 4.79 Å². The summed E-state index contributed by atoms with van der Waals surface area (Å²) in [5.41, 5.74) is 2.30. The summed E-state index contributed by atoms with van der Waals surface area (Å²) in [5, 5.41) is 3.68. The molecule has 184 valence electrons. The molecule has 2 heterocycles. The van der Waals surface area contributed by atoms with Crippen molar-refractivity contribution in [3.8, 4) is 5.75 Å². The number of esters is 2. The minimum absolute atomic E-state index is 0.106. The lowest BCUT2D eigenvalue weighted by molar-refractivity contribution is -0.118. The third kappa shape index (κ3) is 4.93. The minimum Gasteiger partial charge on any atom is -0.484 e. The summed E-state index contributed by atoms with van der Waals surface area (Å²) in [7, 11) is 0. The van der Waals surface area contributed by atoms with Gasteiger partial charge < -0.3 is 23.9 Å². The molecule has 3 aromatic rings. The maximum Gasteiger partial charge on any atom is 0.348 e. The molecule has 2 aromatic heterocycles. The number of fused-ring (bicyclic) bond motifs is 3. The van der Waals surface area contributed by atoms with Crippen molar-refractivity contribution in [1.82, 2.24) is 0 Å². The molecule has 0 aliphatic heterocycles. The number of hydrogen-bond donors (Lipinski definition) is 1. The topological polar surface area (TPSA) is 121 Å². The summed E-state index contributed by atoms with van der Waals surface area (Å²) < 4.78 is 21.2. The quantitative estimate of drug-likeness (QED) is 0.364. The average Bonchev–Trinajstić information content (AvgIpc) is 3.43. The third-order valence-corrected chi connectivity index (χ3v) is 6.84. The summed E-state index contributed by atoms with van der Waals surface area (Å²) in [4.78, 5) is 49.8. The molecule has 1 aliphatic carbocycles. The highest BCUT2D eigenvalue weighted by Gasteiger charge is 2.27. The van der Waals surface area contributed by atoms with Crippen molar-refractivity contribution in [1.29, 1.82) is 0 Å². The molecular weight excluding hydrogens is 474 g/mol. The van der Waals surface area contributed by atoms with Gasteiger partial charge in [0.15, 0.2) is 6.61 Å². The van der Waals surface area contributed by atoms with E-state index in [-0.39, 0.29) is 40.9 Å². The van der Waals surface area contributed by atoms with E-state index >= 15 is 0 Å².